The Kier molecular flexibility index (Phi) is 6.32. The van der Waals surface area contributed by atoms with Gasteiger partial charge in [0, 0.05) is 32.7 Å². The van der Waals surface area contributed by atoms with Crippen molar-refractivity contribution in [1.29, 1.82) is 0 Å². The number of nitrogens with one attached hydrogen (secondary N) is 2. The summed E-state index contributed by atoms with van der Waals surface area (Å²) in [6, 6.07) is 7.60. The van der Waals surface area contributed by atoms with Gasteiger partial charge in [0.1, 0.15) is 0 Å². The number of rotatable bonds is 5. The zero-order valence-corrected chi connectivity index (χ0v) is 16.1. The molecule has 2 aliphatic rings. The van der Waals surface area contributed by atoms with Crippen molar-refractivity contribution in [3.05, 3.63) is 42.0 Å². The zero-order chi connectivity index (χ0) is 18.4. The first-order valence-electron chi connectivity index (χ1n) is 9.31. The summed E-state index contributed by atoms with van der Waals surface area (Å²) >= 11 is 0. The summed E-state index contributed by atoms with van der Waals surface area (Å²) in [5.41, 5.74) is 0.769. The van der Waals surface area contributed by atoms with E-state index in [0.29, 0.717) is 36.5 Å². The van der Waals surface area contributed by atoms with Crippen molar-refractivity contribution in [2.75, 3.05) is 20.1 Å². The predicted molar refractivity (Wildman–Crippen MR) is 105 cm³/mol. The fourth-order valence-electron chi connectivity index (χ4n) is 3.45. The van der Waals surface area contributed by atoms with Crippen LogP contribution in [0.5, 0.6) is 0 Å². The fourth-order valence-corrected chi connectivity index (χ4v) is 5.19. The van der Waals surface area contributed by atoms with E-state index < -0.39 is 10.0 Å². The van der Waals surface area contributed by atoms with Crippen LogP contribution in [0.4, 0.5) is 0 Å². The molecular weight excluding hydrogens is 348 g/mol. The molecule has 1 fully saturated rings. The Balaban J connectivity index is 1.70. The maximum absolute atomic E-state index is 13.0. The van der Waals surface area contributed by atoms with Crippen molar-refractivity contribution in [1.82, 2.24) is 14.9 Å². The van der Waals surface area contributed by atoms with Gasteiger partial charge in [-0.2, -0.15) is 4.31 Å². The molecule has 1 heterocycles. The van der Waals surface area contributed by atoms with Gasteiger partial charge in [0.25, 0.3) is 0 Å². The lowest BCUT2D eigenvalue weighted by molar-refractivity contribution is 0.346. The van der Waals surface area contributed by atoms with Crippen LogP contribution in [0.2, 0.25) is 0 Å². The average molecular weight is 377 g/mol. The molecular formula is C19H28N4O2S. The van der Waals surface area contributed by atoms with E-state index in [1.165, 1.54) is 0 Å². The summed E-state index contributed by atoms with van der Waals surface area (Å²) in [6.07, 6.45) is 9.27. The predicted octanol–water partition coefficient (Wildman–Crippen LogP) is 2.24. The first-order valence-corrected chi connectivity index (χ1v) is 10.8. The lowest BCUT2D eigenvalue weighted by Gasteiger charge is -2.27. The number of aliphatic imine (C=N–C) groups is 1. The highest BCUT2D eigenvalue weighted by atomic mass is 32.2. The van der Waals surface area contributed by atoms with Crippen LogP contribution in [0.1, 0.15) is 37.7 Å². The Hall–Kier alpha value is -1.86. The third kappa shape index (κ3) is 4.45. The highest BCUT2D eigenvalue weighted by Gasteiger charge is 2.27. The molecule has 1 aliphatic carbocycles. The number of guanidine groups is 1. The molecule has 26 heavy (non-hydrogen) atoms. The molecule has 2 N–H and O–H groups in total. The van der Waals surface area contributed by atoms with E-state index in [4.69, 9.17) is 0 Å². The van der Waals surface area contributed by atoms with Gasteiger partial charge in [-0.15, -0.1) is 0 Å². The van der Waals surface area contributed by atoms with Crippen LogP contribution in [-0.4, -0.2) is 44.9 Å². The SMILES string of the molecule is CN=C(NCc1ccccc1S(=O)(=O)N1CCCCC1)NC1CC=CC1. The topological polar surface area (TPSA) is 73.8 Å². The van der Waals surface area contributed by atoms with Crippen LogP contribution >= 0.6 is 0 Å². The summed E-state index contributed by atoms with van der Waals surface area (Å²) in [5.74, 6) is 0.698. The smallest absolute Gasteiger partial charge is 0.243 e. The molecule has 6 nitrogen and oxygen atoms in total. The Labute approximate surface area is 156 Å². The summed E-state index contributed by atoms with van der Waals surface area (Å²) in [7, 11) is -1.72. The van der Waals surface area contributed by atoms with Gasteiger partial charge in [0.15, 0.2) is 5.96 Å². The van der Waals surface area contributed by atoms with E-state index in [-0.39, 0.29) is 0 Å². The maximum Gasteiger partial charge on any atom is 0.243 e. The van der Waals surface area contributed by atoms with Crippen LogP contribution in [0.15, 0.2) is 46.3 Å². The molecule has 0 unspecified atom stereocenters. The normalized spacial score (nSPS) is 19.7. The Bertz CT molecular complexity index is 759. The molecule has 0 bridgehead atoms. The fraction of sp³-hybridized carbons (Fsp3) is 0.526. The van der Waals surface area contributed by atoms with E-state index in [1.807, 2.05) is 12.1 Å². The molecule has 1 saturated heterocycles. The number of piperidine rings is 1. The molecule has 0 aromatic heterocycles. The van der Waals surface area contributed by atoms with Crippen molar-refractivity contribution in [2.24, 2.45) is 4.99 Å². The quantitative estimate of drug-likeness (QED) is 0.470. The monoisotopic (exact) mass is 376 g/mol. The second-order valence-electron chi connectivity index (χ2n) is 6.78. The van der Waals surface area contributed by atoms with Gasteiger partial charge in [-0.05, 0) is 37.3 Å². The van der Waals surface area contributed by atoms with Gasteiger partial charge in [0.2, 0.25) is 10.0 Å². The molecule has 0 amide bonds. The van der Waals surface area contributed by atoms with Crippen molar-refractivity contribution in [3.8, 4) is 0 Å². The van der Waals surface area contributed by atoms with Crippen molar-refractivity contribution in [3.63, 3.8) is 0 Å². The molecule has 0 spiro atoms. The molecule has 0 atom stereocenters. The van der Waals surface area contributed by atoms with Gasteiger partial charge in [-0.25, -0.2) is 8.42 Å². The van der Waals surface area contributed by atoms with E-state index in [0.717, 1.165) is 37.7 Å². The van der Waals surface area contributed by atoms with Gasteiger partial charge in [0.05, 0.1) is 4.90 Å². The van der Waals surface area contributed by atoms with E-state index >= 15 is 0 Å². The van der Waals surface area contributed by atoms with E-state index in [9.17, 15) is 8.42 Å². The number of benzene rings is 1. The Morgan fingerprint density at radius 3 is 2.54 bits per heavy atom. The summed E-state index contributed by atoms with van der Waals surface area (Å²) in [5, 5.41) is 6.63. The standard InChI is InChI=1S/C19H28N4O2S/c1-20-19(22-17-10-4-5-11-17)21-15-16-9-3-6-12-18(16)26(24,25)23-13-7-2-8-14-23/h3-6,9,12,17H,2,7-8,10-11,13-15H2,1H3,(H2,20,21,22). The molecule has 1 aromatic carbocycles. The van der Waals surface area contributed by atoms with Gasteiger partial charge >= 0.3 is 0 Å². The number of hydrogen-bond donors (Lipinski definition) is 2. The van der Waals surface area contributed by atoms with Crippen LogP contribution in [0, 0.1) is 0 Å². The molecule has 0 radical (unpaired) electrons. The van der Waals surface area contributed by atoms with Crippen molar-refractivity contribution < 1.29 is 8.42 Å². The Morgan fingerprint density at radius 2 is 1.85 bits per heavy atom. The van der Waals surface area contributed by atoms with Gasteiger partial charge in [-0.3, -0.25) is 4.99 Å². The lowest BCUT2D eigenvalue weighted by atomic mass is 10.2. The van der Waals surface area contributed by atoms with Crippen molar-refractivity contribution >= 4 is 16.0 Å². The summed E-state index contributed by atoms with van der Waals surface area (Å²) < 4.78 is 27.7. The highest BCUT2D eigenvalue weighted by Crippen LogP contribution is 2.23. The Morgan fingerprint density at radius 1 is 1.15 bits per heavy atom. The third-order valence-corrected chi connectivity index (χ3v) is 6.92. The first-order chi connectivity index (χ1) is 12.6. The van der Waals surface area contributed by atoms with E-state index in [1.54, 1.807) is 23.5 Å². The van der Waals surface area contributed by atoms with Gasteiger partial charge in [-0.1, -0.05) is 36.8 Å². The minimum Gasteiger partial charge on any atom is -0.353 e. The van der Waals surface area contributed by atoms with Crippen molar-refractivity contribution in [2.45, 2.75) is 49.6 Å². The van der Waals surface area contributed by atoms with Gasteiger partial charge < -0.3 is 10.6 Å². The van der Waals surface area contributed by atoms with Crippen LogP contribution in [0.3, 0.4) is 0 Å². The summed E-state index contributed by atoms with van der Waals surface area (Å²) in [6.45, 7) is 1.65. The van der Waals surface area contributed by atoms with Crippen LogP contribution in [-0.2, 0) is 16.6 Å². The first kappa shape index (κ1) is 18.9. The molecule has 142 valence electrons. The molecule has 7 heteroatoms. The van der Waals surface area contributed by atoms with Crippen LogP contribution in [0.25, 0.3) is 0 Å². The molecule has 1 aromatic rings. The number of hydrogen-bond acceptors (Lipinski definition) is 3. The zero-order valence-electron chi connectivity index (χ0n) is 15.3. The molecule has 3 rings (SSSR count). The largest absolute Gasteiger partial charge is 0.353 e. The minimum atomic E-state index is -3.45. The van der Waals surface area contributed by atoms with Crippen LogP contribution < -0.4 is 10.6 Å². The summed E-state index contributed by atoms with van der Waals surface area (Å²) in [4.78, 5) is 4.65. The lowest BCUT2D eigenvalue weighted by Crippen LogP contribution is -2.42. The second-order valence-corrected chi connectivity index (χ2v) is 8.69. The third-order valence-electron chi connectivity index (χ3n) is 4.92. The number of sulfonamides is 1. The highest BCUT2D eigenvalue weighted by molar-refractivity contribution is 7.89. The minimum absolute atomic E-state index is 0.355. The molecule has 1 aliphatic heterocycles. The maximum atomic E-state index is 13.0. The number of nitrogens with zero attached hydrogens (tertiary/aromatic N) is 2. The van der Waals surface area contributed by atoms with E-state index in [2.05, 4.69) is 27.8 Å². The average Bonchev–Trinajstić information content (AvgIpc) is 3.19. The second kappa shape index (κ2) is 8.68. The molecule has 0 saturated carbocycles.